The predicted octanol–water partition coefficient (Wildman–Crippen LogP) is 5.61. The third kappa shape index (κ3) is 17.3. The van der Waals surface area contributed by atoms with Crippen LogP contribution in [-0.2, 0) is 39.2 Å². The molecule has 0 aliphatic carbocycles. The van der Waals surface area contributed by atoms with Crippen molar-refractivity contribution in [1.29, 1.82) is 0 Å². The van der Waals surface area contributed by atoms with Crippen LogP contribution < -0.4 is 0 Å². The summed E-state index contributed by atoms with van der Waals surface area (Å²) in [5.74, 6) is -2.85. The first-order valence-electron chi connectivity index (χ1n) is 17.1. The number of hydrogen-bond donors (Lipinski definition) is 0. The van der Waals surface area contributed by atoms with Gasteiger partial charge in [0.1, 0.15) is 20.2 Å². The minimum atomic E-state index is -4.97. The molecule has 17 heteroatoms. The minimum Gasteiger partial charge on any atom is -0.744 e. The molecule has 0 spiro atoms. The van der Waals surface area contributed by atoms with Crippen molar-refractivity contribution in [3.63, 3.8) is 0 Å². The van der Waals surface area contributed by atoms with Crippen LogP contribution >= 0.6 is 0 Å². The van der Waals surface area contributed by atoms with Gasteiger partial charge in [-0.05, 0) is 60.1 Å². The second kappa shape index (κ2) is 23.6. The molecule has 292 valence electrons. The molecule has 0 saturated carbocycles. The summed E-state index contributed by atoms with van der Waals surface area (Å²) >= 11 is 0. The van der Waals surface area contributed by atoms with Gasteiger partial charge in [-0.3, -0.25) is 0 Å². The fourth-order valence-corrected chi connectivity index (χ4v) is 5.10. The maximum absolute atomic E-state index is 12.1. The van der Waals surface area contributed by atoms with Gasteiger partial charge in [-0.2, -0.15) is 0 Å². The summed E-state index contributed by atoms with van der Waals surface area (Å²) < 4.78 is 89.4. The zero-order chi connectivity index (χ0) is 39.8. The van der Waals surface area contributed by atoms with Gasteiger partial charge in [-0.15, -0.1) is 0 Å². The van der Waals surface area contributed by atoms with E-state index in [-0.39, 0.29) is 95.4 Å². The molecule has 0 aliphatic rings. The van der Waals surface area contributed by atoms with Crippen LogP contribution in [0.2, 0.25) is 0 Å². The summed E-state index contributed by atoms with van der Waals surface area (Å²) in [6, 6.07) is 6.41. The topological polar surface area (TPSA) is 220 Å². The number of hydrogen-bond acceptors (Lipinski definition) is 14. The van der Waals surface area contributed by atoms with Gasteiger partial charge in [0.15, 0.2) is 0 Å². The molecule has 0 amide bonds. The molecule has 0 fully saturated rings. The Balaban J connectivity index is 0.00000100. The quantitative estimate of drug-likeness (QED) is 0.0775. The maximum atomic E-state index is 12.1. The van der Waals surface area contributed by atoms with Gasteiger partial charge in [0, 0.05) is 0 Å². The van der Waals surface area contributed by atoms with Crippen LogP contribution in [0.1, 0.15) is 123 Å². The summed E-state index contributed by atoms with van der Waals surface area (Å²) in [4.78, 5) is 46.8. The monoisotopic (exact) mass is 794 g/mol. The molecule has 4 atom stereocenters. The Morgan fingerprint density at radius 1 is 0.509 bits per heavy atom. The van der Waals surface area contributed by atoms with Crippen LogP contribution in [0.3, 0.4) is 0 Å². The number of carbonyl (C=O) groups excluding carboxylic acids is 4. The standard InChI is InChI=1S/2C18H26O7S.Mg/c2*1-5-12(3)10-24-17(19)14-7-8-15(16(9-14)26(21,22)23)18(20)25-11-13(4)6-2;/h2*7-9,12-13H,5-6,10-11H2,1-4H3,(H,21,22,23);/q;;+2/p-2. The van der Waals surface area contributed by atoms with Crippen molar-refractivity contribution < 1.29 is 64.1 Å². The first-order chi connectivity index (χ1) is 24.2. The molecule has 4 unspecified atom stereocenters. The Hall–Kier alpha value is -3.09. The third-order valence-electron chi connectivity index (χ3n) is 8.20. The van der Waals surface area contributed by atoms with Gasteiger partial charge in [0.2, 0.25) is 0 Å². The van der Waals surface area contributed by atoms with Gasteiger partial charge >= 0.3 is 46.9 Å². The number of ether oxygens (including phenoxy) is 4. The van der Waals surface area contributed by atoms with E-state index in [0.717, 1.165) is 49.9 Å². The number of esters is 4. The maximum Gasteiger partial charge on any atom is 2.00 e. The van der Waals surface area contributed by atoms with Crippen LogP contribution in [0.4, 0.5) is 0 Å². The fraction of sp³-hybridized carbons (Fsp3) is 0.556. The summed E-state index contributed by atoms with van der Waals surface area (Å²) in [5, 5.41) is 0. The van der Waals surface area contributed by atoms with E-state index in [1.807, 2.05) is 55.4 Å². The largest absolute Gasteiger partial charge is 2.00 e. The second-order valence-corrected chi connectivity index (χ2v) is 15.5. The van der Waals surface area contributed by atoms with Crippen molar-refractivity contribution >= 4 is 67.2 Å². The minimum absolute atomic E-state index is 0. The molecule has 14 nitrogen and oxygen atoms in total. The van der Waals surface area contributed by atoms with Crippen molar-refractivity contribution in [2.45, 2.75) is 90.9 Å². The van der Waals surface area contributed by atoms with Gasteiger partial charge in [-0.1, -0.05) is 81.1 Å². The molecule has 0 aliphatic heterocycles. The SMILES string of the molecule is CCC(C)COC(=O)c1ccc(C(=O)OCC(C)CC)c(S(=O)(=O)[O-])c1.CCC(C)COC(=O)c1ccc(C(=O)OCC(C)CC)c(S(=O)(=O)[O-])c1.[Mg+2]. The smallest absolute Gasteiger partial charge is 0.744 e. The zero-order valence-corrected chi connectivity index (χ0v) is 34.7. The normalized spacial score (nSPS) is 13.5. The fourth-order valence-electron chi connectivity index (χ4n) is 3.71. The van der Waals surface area contributed by atoms with E-state index in [4.69, 9.17) is 18.9 Å². The Kier molecular flexibility index (Phi) is 22.3. The van der Waals surface area contributed by atoms with Crippen LogP contribution in [0, 0.1) is 23.7 Å². The first kappa shape index (κ1) is 49.9. The van der Waals surface area contributed by atoms with Crippen LogP contribution in [0.25, 0.3) is 0 Å². The average Bonchev–Trinajstić information content (AvgIpc) is 3.12. The number of rotatable bonds is 18. The number of benzene rings is 2. The van der Waals surface area contributed by atoms with Crippen molar-refractivity contribution in [3.05, 3.63) is 58.7 Å². The molecule has 0 aromatic heterocycles. The molecule has 2 rings (SSSR count). The van der Waals surface area contributed by atoms with E-state index in [1.165, 1.54) is 12.1 Å². The van der Waals surface area contributed by atoms with Gasteiger partial charge in [0.05, 0.1) is 58.5 Å². The van der Waals surface area contributed by atoms with E-state index in [1.54, 1.807) is 0 Å². The van der Waals surface area contributed by atoms with E-state index in [2.05, 4.69) is 0 Å². The molecule has 0 N–H and O–H groups in total. The molecule has 0 bridgehead atoms. The second-order valence-electron chi connectivity index (χ2n) is 12.8. The van der Waals surface area contributed by atoms with Gasteiger partial charge in [0.25, 0.3) is 0 Å². The molecule has 2 aromatic rings. The molecule has 0 saturated heterocycles. The van der Waals surface area contributed by atoms with E-state index >= 15 is 0 Å². The van der Waals surface area contributed by atoms with E-state index in [9.17, 15) is 45.1 Å². The first-order valence-corrected chi connectivity index (χ1v) is 19.9. The predicted molar refractivity (Wildman–Crippen MR) is 194 cm³/mol. The summed E-state index contributed by atoms with van der Waals surface area (Å²) in [6.45, 7) is 15.8. The molecular formula is C36H50MgO14S2. The Labute approximate surface area is 329 Å². The van der Waals surface area contributed by atoms with Gasteiger partial charge < -0.3 is 28.1 Å². The van der Waals surface area contributed by atoms with Crippen LogP contribution in [0.15, 0.2) is 46.2 Å². The van der Waals surface area contributed by atoms with Crippen molar-refractivity contribution in [2.75, 3.05) is 26.4 Å². The summed E-state index contributed by atoms with van der Waals surface area (Å²) in [6.07, 6.45) is 3.19. The van der Waals surface area contributed by atoms with Crippen molar-refractivity contribution in [2.24, 2.45) is 23.7 Å². The average molecular weight is 795 g/mol. The molecule has 0 heterocycles. The van der Waals surface area contributed by atoms with Crippen LogP contribution in [-0.4, -0.2) is 99.3 Å². The zero-order valence-electron chi connectivity index (χ0n) is 31.7. The Morgan fingerprint density at radius 2 is 0.755 bits per heavy atom. The van der Waals surface area contributed by atoms with Crippen LogP contribution in [0.5, 0.6) is 0 Å². The molecule has 53 heavy (non-hydrogen) atoms. The van der Waals surface area contributed by atoms with Gasteiger partial charge in [-0.25, -0.2) is 36.0 Å². The van der Waals surface area contributed by atoms with E-state index in [0.29, 0.717) is 0 Å². The molecule has 0 radical (unpaired) electrons. The Morgan fingerprint density at radius 3 is 0.981 bits per heavy atom. The molecular weight excluding hydrogens is 745 g/mol. The number of carbonyl (C=O) groups is 4. The van der Waals surface area contributed by atoms with Crippen molar-refractivity contribution in [3.8, 4) is 0 Å². The third-order valence-corrected chi connectivity index (χ3v) is 9.95. The Bertz CT molecular complexity index is 1610. The van der Waals surface area contributed by atoms with Crippen molar-refractivity contribution in [1.82, 2.24) is 0 Å². The molecule has 2 aromatic carbocycles. The summed E-state index contributed by atoms with van der Waals surface area (Å²) in [5.41, 5.74) is -0.994. The van der Waals surface area contributed by atoms with E-state index < -0.39 is 53.9 Å². The summed E-state index contributed by atoms with van der Waals surface area (Å²) in [7, 11) is -9.95.